The third-order valence-corrected chi connectivity index (χ3v) is 4.19. The Morgan fingerprint density at radius 3 is 2.81 bits per heavy atom. The molecule has 0 bridgehead atoms. The highest BCUT2D eigenvalue weighted by Gasteiger charge is 2.14. The van der Waals surface area contributed by atoms with E-state index in [1.54, 1.807) is 6.07 Å². The van der Waals surface area contributed by atoms with Gasteiger partial charge >= 0.3 is 6.61 Å². The Morgan fingerprint density at radius 2 is 2.04 bits per heavy atom. The van der Waals surface area contributed by atoms with E-state index in [4.69, 9.17) is 4.42 Å². The number of aromatic nitrogens is 2. The number of hydrogen-bond donors (Lipinski definition) is 1. The lowest BCUT2D eigenvalue weighted by atomic mass is 10.1. The van der Waals surface area contributed by atoms with Crippen molar-refractivity contribution in [2.24, 2.45) is 0 Å². The van der Waals surface area contributed by atoms with E-state index in [2.05, 4.69) is 20.3 Å². The molecule has 0 spiro atoms. The molecule has 1 N–H and O–H groups in total. The van der Waals surface area contributed by atoms with Crippen LogP contribution >= 0.6 is 11.8 Å². The number of ether oxygens (including phenoxy) is 1. The number of thioether (sulfide) groups is 1. The maximum atomic E-state index is 12.4. The Bertz CT molecular complexity index is 933. The minimum absolute atomic E-state index is 0.0293. The number of nitrogens with zero attached hydrogens (tertiary/aromatic N) is 2. The average molecular weight is 391 g/mol. The van der Waals surface area contributed by atoms with E-state index in [1.807, 2.05) is 31.2 Å². The third kappa shape index (κ3) is 5.27. The van der Waals surface area contributed by atoms with Gasteiger partial charge in [0, 0.05) is 5.56 Å². The molecule has 2 aromatic carbocycles. The van der Waals surface area contributed by atoms with Gasteiger partial charge in [-0.25, -0.2) is 0 Å². The molecule has 6 nitrogen and oxygen atoms in total. The van der Waals surface area contributed by atoms with Crippen molar-refractivity contribution in [3.05, 3.63) is 54.1 Å². The Hall–Kier alpha value is -2.94. The standard InChI is InChI=1S/C18H15F2N3O3S/c1-11-5-4-6-12(9-11)16-22-23-18(26-16)27-10-15(24)21-13-7-2-3-8-14(13)25-17(19)20/h2-9,17H,10H2,1H3,(H,21,24). The van der Waals surface area contributed by atoms with Gasteiger partial charge in [0.2, 0.25) is 11.8 Å². The van der Waals surface area contributed by atoms with Crippen LogP contribution in [0.5, 0.6) is 5.75 Å². The molecule has 0 saturated heterocycles. The van der Waals surface area contributed by atoms with Gasteiger partial charge in [-0.2, -0.15) is 8.78 Å². The molecular weight excluding hydrogens is 376 g/mol. The number of halogens is 2. The molecule has 140 valence electrons. The van der Waals surface area contributed by atoms with Crippen LogP contribution in [0.1, 0.15) is 5.56 Å². The molecule has 9 heteroatoms. The summed E-state index contributed by atoms with van der Waals surface area (Å²) in [5.74, 6) is -0.193. The molecule has 0 aliphatic heterocycles. The number of rotatable bonds is 7. The zero-order valence-electron chi connectivity index (χ0n) is 14.2. The number of carbonyl (C=O) groups is 1. The summed E-state index contributed by atoms with van der Waals surface area (Å²) in [5.41, 5.74) is 2.01. The Labute approximate surface area is 157 Å². The molecule has 0 aliphatic carbocycles. The summed E-state index contributed by atoms with van der Waals surface area (Å²) >= 11 is 1.05. The maximum absolute atomic E-state index is 12.4. The summed E-state index contributed by atoms with van der Waals surface area (Å²) in [5, 5.41) is 10.6. The fourth-order valence-electron chi connectivity index (χ4n) is 2.25. The van der Waals surface area contributed by atoms with Crippen LogP contribution in [0.3, 0.4) is 0 Å². The minimum atomic E-state index is -2.98. The first-order valence-corrected chi connectivity index (χ1v) is 8.87. The Kier molecular flexibility index (Phi) is 6.02. The van der Waals surface area contributed by atoms with Gasteiger partial charge in [-0.05, 0) is 31.2 Å². The summed E-state index contributed by atoms with van der Waals surface area (Å²) in [6.07, 6.45) is 0. The zero-order valence-corrected chi connectivity index (χ0v) is 15.0. The van der Waals surface area contributed by atoms with Gasteiger partial charge in [0.15, 0.2) is 0 Å². The first-order valence-electron chi connectivity index (χ1n) is 7.88. The van der Waals surface area contributed by atoms with Crippen LogP contribution < -0.4 is 10.1 Å². The summed E-state index contributed by atoms with van der Waals surface area (Å²) in [6.45, 7) is -1.02. The molecule has 27 heavy (non-hydrogen) atoms. The first-order chi connectivity index (χ1) is 13.0. The Morgan fingerprint density at radius 1 is 1.22 bits per heavy atom. The maximum Gasteiger partial charge on any atom is 0.387 e. The number of aryl methyl sites for hydroxylation is 1. The highest BCUT2D eigenvalue weighted by atomic mass is 32.2. The molecule has 0 aliphatic rings. The lowest BCUT2D eigenvalue weighted by Gasteiger charge is -2.11. The SMILES string of the molecule is Cc1cccc(-c2nnc(SCC(=O)Nc3ccccc3OC(F)F)o2)c1. The van der Waals surface area contributed by atoms with Crippen molar-refractivity contribution in [2.45, 2.75) is 18.8 Å². The summed E-state index contributed by atoms with van der Waals surface area (Å²) in [7, 11) is 0. The van der Waals surface area contributed by atoms with Gasteiger partial charge in [0.05, 0.1) is 11.4 Å². The smallest absolute Gasteiger partial charge is 0.387 e. The van der Waals surface area contributed by atoms with Crippen molar-refractivity contribution in [1.82, 2.24) is 10.2 Å². The third-order valence-electron chi connectivity index (χ3n) is 3.38. The number of benzene rings is 2. The van der Waals surface area contributed by atoms with E-state index >= 15 is 0 Å². The van der Waals surface area contributed by atoms with Gasteiger partial charge in [-0.1, -0.05) is 41.6 Å². The van der Waals surface area contributed by atoms with Crippen LogP contribution in [0.25, 0.3) is 11.5 Å². The lowest BCUT2D eigenvalue weighted by molar-refractivity contribution is -0.113. The number of para-hydroxylation sites is 2. The first kappa shape index (κ1) is 18.8. The minimum Gasteiger partial charge on any atom is -0.433 e. The van der Waals surface area contributed by atoms with E-state index in [-0.39, 0.29) is 22.4 Å². The number of hydrogen-bond acceptors (Lipinski definition) is 6. The molecule has 0 fully saturated rings. The van der Waals surface area contributed by atoms with E-state index in [9.17, 15) is 13.6 Å². The van der Waals surface area contributed by atoms with E-state index in [0.717, 1.165) is 22.9 Å². The largest absolute Gasteiger partial charge is 0.433 e. The van der Waals surface area contributed by atoms with E-state index < -0.39 is 12.5 Å². The van der Waals surface area contributed by atoms with Crippen LogP contribution in [-0.2, 0) is 4.79 Å². The second-order valence-corrected chi connectivity index (χ2v) is 6.38. The number of carbonyl (C=O) groups excluding carboxylic acids is 1. The number of anilines is 1. The molecule has 0 atom stereocenters. The average Bonchev–Trinajstić information content (AvgIpc) is 3.10. The molecule has 0 unspecified atom stereocenters. The fraction of sp³-hybridized carbons (Fsp3) is 0.167. The zero-order chi connectivity index (χ0) is 19.2. The van der Waals surface area contributed by atoms with Crippen molar-refractivity contribution in [3.8, 4) is 17.2 Å². The summed E-state index contributed by atoms with van der Waals surface area (Å²) in [4.78, 5) is 12.1. The normalized spacial score (nSPS) is 10.8. The lowest BCUT2D eigenvalue weighted by Crippen LogP contribution is -2.15. The predicted octanol–water partition coefficient (Wildman–Crippen LogP) is 4.38. The molecule has 1 heterocycles. The van der Waals surface area contributed by atoms with Crippen molar-refractivity contribution in [3.63, 3.8) is 0 Å². The molecule has 0 saturated carbocycles. The molecule has 3 aromatic rings. The number of amides is 1. The van der Waals surface area contributed by atoms with Gasteiger partial charge < -0.3 is 14.5 Å². The van der Waals surface area contributed by atoms with Gasteiger partial charge in [0.25, 0.3) is 5.22 Å². The van der Waals surface area contributed by atoms with Crippen molar-refractivity contribution >= 4 is 23.4 Å². The number of alkyl halides is 2. The van der Waals surface area contributed by atoms with Crippen molar-refractivity contribution in [2.75, 3.05) is 11.1 Å². The molecule has 0 radical (unpaired) electrons. The van der Waals surface area contributed by atoms with E-state index in [0.29, 0.717) is 5.89 Å². The van der Waals surface area contributed by atoms with Gasteiger partial charge in [0.1, 0.15) is 5.75 Å². The quantitative estimate of drug-likeness (QED) is 0.603. The highest BCUT2D eigenvalue weighted by Crippen LogP contribution is 2.27. The topological polar surface area (TPSA) is 77.2 Å². The van der Waals surface area contributed by atoms with Crippen LogP contribution in [0, 0.1) is 6.92 Å². The van der Waals surface area contributed by atoms with Crippen LogP contribution in [0.15, 0.2) is 58.2 Å². The monoisotopic (exact) mass is 391 g/mol. The van der Waals surface area contributed by atoms with Crippen LogP contribution in [0.4, 0.5) is 14.5 Å². The Balaban J connectivity index is 1.59. The van der Waals surface area contributed by atoms with Crippen molar-refractivity contribution < 1.29 is 22.7 Å². The molecular formula is C18H15F2N3O3S. The van der Waals surface area contributed by atoms with E-state index in [1.165, 1.54) is 18.2 Å². The summed E-state index contributed by atoms with van der Waals surface area (Å²) < 4.78 is 34.7. The second kappa shape index (κ2) is 8.63. The summed E-state index contributed by atoms with van der Waals surface area (Å²) in [6, 6.07) is 13.6. The second-order valence-electron chi connectivity index (χ2n) is 5.45. The highest BCUT2D eigenvalue weighted by molar-refractivity contribution is 7.99. The van der Waals surface area contributed by atoms with Gasteiger partial charge in [-0.3, -0.25) is 4.79 Å². The van der Waals surface area contributed by atoms with Gasteiger partial charge in [-0.15, -0.1) is 10.2 Å². The molecule has 1 aromatic heterocycles. The molecule has 3 rings (SSSR count). The van der Waals surface area contributed by atoms with Crippen molar-refractivity contribution in [1.29, 1.82) is 0 Å². The van der Waals surface area contributed by atoms with Crippen LogP contribution in [-0.4, -0.2) is 28.5 Å². The molecule has 1 amide bonds. The predicted molar refractivity (Wildman–Crippen MR) is 96.9 cm³/mol. The van der Waals surface area contributed by atoms with Crippen LogP contribution in [0.2, 0.25) is 0 Å². The fourth-order valence-corrected chi connectivity index (χ4v) is 2.81. The number of nitrogens with one attached hydrogen (secondary N) is 1.